The van der Waals surface area contributed by atoms with E-state index in [1.54, 1.807) is 24.3 Å². The van der Waals surface area contributed by atoms with Crippen molar-refractivity contribution < 1.29 is 14.4 Å². The monoisotopic (exact) mass is 376 g/mol. The number of hydrogen-bond donors (Lipinski definition) is 2. The Balaban J connectivity index is 1.21. The van der Waals surface area contributed by atoms with Gasteiger partial charge in [-0.3, -0.25) is 19.3 Å². The molecule has 0 bridgehead atoms. The van der Waals surface area contributed by atoms with Crippen molar-refractivity contribution >= 4 is 28.8 Å². The maximum absolute atomic E-state index is 12.3. The number of imidazole rings is 1. The van der Waals surface area contributed by atoms with Crippen molar-refractivity contribution in [2.24, 2.45) is 0 Å². The van der Waals surface area contributed by atoms with E-state index in [9.17, 15) is 14.4 Å². The van der Waals surface area contributed by atoms with E-state index in [1.165, 1.54) is 4.90 Å². The van der Waals surface area contributed by atoms with Gasteiger partial charge in [-0.2, -0.15) is 0 Å². The van der Waals surface area contributed by atoms with E-state index in [4.69, 9.17) is 0 Å². The molecule has 7 heteroatoms. The molecule has 2 N–H and O–H groups in total. The van der Waals surface area contributed by atoms with Crippen molar-refractivity contribution in [3.8, 4) is 0 Å². The highest BCUT2D eigenvalue weighted by molar-refractivity contribution is 6.21. The van der Waals surface area contributed by atoms with E-state index in [1.807, 2.05) is 24.3 Å². The number of nitrogens with zero attached hydrogens (tertiary/aromatic N) is 2. The SMILES string of the molecule is O=C(CCCN1C(=O)c2ccccc2C1=O)NCCc1nc2ccccc2[nH]1. The average Bonchev–Trinajstić information content (AvgIpc) is 3.22. The van der Waals surface area contributed by atoms with Crippen LogP contribution >= 0.6 is 0 Å². The smallest absolute Gasteiger partial charge is 0.261 e. The number of fused-ring (bicyclic) bond motifs is 2. The number of nitrogens with one attached hydrogen (secondary N) is 2. The Kier molecular flexibility index (Phi) is 4.89. The van der Waals surface area contributed by atoms with Crippen molar-refractivity contribution in [2.45, 2.75) is 19.3 Å². The van der Waals surface area contributed by atoms with Crippen LogP contribution in [0, 0.1) is 0 Å². The standard InChI is InChI=1S/C21H20N4O3/c26-19(22-12-11-18-23-16-8-3-4-9-17(16)24-18)10-5-13-25-20(27)14-6-1-2-7-15(14)21(25)28/h1-4,6-9H,5,10-13H2,(H,22,26)(H,23,24). The third-order valence-electron chi connectivity index (χ3n) is 4.79. The van der Waals surface area contributed by atoms with Crippen LogP contribution in [0.4, 0.5) is 0 Å². The zero-order valence-electron chi connectivity index (χ0n) is 15.3. The molecule has 0 saturated carbocycles. The van der Waals surface area contributed by atoms with E-state index in [0.29, 0.717) is 30.5 Å². The van der Waals surface area contributed by atoms with Gasteiger partial charge in [0.25, 0.3) is 11.8 Å². The zero-order chi connectivity index (χ0) is 19.5. The summed E-state index contributed by atoms with van der Waals surface area (Å²) in [6.07, 6.45) is 1.30. The van der Waals surface area contributed by atoms with Crippen molar-refractivity contribution in [3.63, 3.8) is 0 Å². The van der Waals surface area contributed by atoms with Crippen molar-refractivity contribution in [1.29, 1.82) is 0 Å². The van der Waals surface area contributed by atoms with Gasteiger partial charge in [0.05, 0.1) is 22.2 Å². The van der Waals surface area contributed by atoms with E-state index in [-0.39, 0.29) is 30.7 Å². The Morgan fingerprint density at radius 3 is 2.39 bits per heavy atom. The minimum atomic E-state index is -0.286. The van der Waals surface area contributed by atoms with Crippen LogP contribution in [0.3, 0.4) is 0 Å². The lowest BCUT2D eigenvalue weighted by Gasteiger charge is -2.13. The lowest BCUT2D eigenvalue weighted by molar-refractivity contribution is -0.121. The van der Waals surface area contributed by atoms with Crippen LogP contribution in [0.1, 0.15) is 39.4 Å². The van der Waals surface area contributed by atoms with Crippen LogP contribution in [0.5, 0.6) is 0 Å². The topological polar surface area (TPSA) is 95.2 Å². The van der Waals surface area contributed by atoms with E-state index in [0.717, 1.165) is 16.9 Å². The normalized spacial score (nSPS) is 13.2. The highest BCUT2D eigenvalue weighted by Crippen LogP contribution is 2.22. The van der Waals surface area contributed by atoms with Crippen LogP contribution in [-0.2, 0) is 11.2 Å². The Morgan fingerprint density at radius 1 is 1.00 bits per heavy atom. The first-order valence-electron chi connectivity index (χ1n) is 9.29. The van der Waals surface area contributed by atoms with Gasteiger partial charge in [0.1, 0.15) is 5.82 Å². The number of amides is 3. The fourth-order valence-corrected chi connectivity index (χ4v) is 3.37. The summed E-state index contributed by atoms with van der Waals surface area (Å²) in [5, 5.41) is 2.85. The summed E-state index contributed by atoms with van der Waals surface area (Å²) in [5.41, 5.74) is 2.75. The molecule has 4 rings (SSSR count). The number of carbonyl (C=O) groups excluding carboxylic acids is 3. The summed E-state index contributed by atoms with van der Waals surface area (Å²) in [4.78, 5) is 45.5. The van der Waals surface area contributed by atoms with Gasteiger partial charge in [0.15, 0.2) is 0 Å². The maximum Gasteiger partial charge on any atom is 0.261 e. The Morgan fingerprint density at radius 2 is 1.68 bits per heavy atom. The quantitative estimate of drug-likeness (QED) is 0.619. The molecule has 2 heterocycles. The molecule has 0 unspecified atom stereocenters. The van der Waals surface area contributed by atoms with Gasteiger partial charge in [0.2, 0.25) is 5.91 Å². The molecular weight excluding hydrogens is 356 g/mol. The average molecular weight is 376 g/mol. The summed E-state index contributed by atoms with van der Waals surface area (Å²) >= 11 is 0. The van der Waals surface area contributed by atoms with Crippen LogP contribution in [0.2, 0.25) is 0 Å². The molecule has 1 aliphatic rings. The number of carbonyl (C=O) groups is 3. The second-order valence-electron chi connectivity index (χ2n) is 6.71. The predicted molar refractivity (Wildman–Crippen MR) is 104 cm³/mol. The largest absolute Gasteiger partial charge is 0.356 e. The number of aromatic amines is 1. The molecule has 0 spiro atoms. The van der Waals surface area contributed by atoms with Gasteiger partial charge < -0.3 is 10.3 Å². The molecule has 0 fully saturated rings. The van der Waals surface area contributed by atoms with E-state index < -0.39 is 0 Å². The first-order valence-corrected chi connectivity index (χ1v) is 9.29. The number of rotatable bonds is 7. The predicted octanol–water partition coefficient (Wildman–Crippen LogP) is 2.30. The molecule has 0 radical (unpaired) electrons. The number of aromatic nitrogens is 2. The van der Waals surface area contributed by atoms with Crippen LogP contribution in [0.25, 0.3) is 11.0 Å². The fourth-order valence-electron chi connectivity index (χ4n) is 3.37. The van der Waals surface area contributed by atoms with Gasteiger partial charge in [0, 0.05) is 25.9 Å². The first kappa shape index (κ1) is 17.9. The third kappa shape index (κ3) is 3.51. The molecule has 7 nitrogen and oxygen atoms in total. The lowest BCUT2D eigenvalue weighted by atomic mass is 10.1. The highest BCUT2D eigenvalue weighted by atomic mass is 16.2. The molecule has 3 aromatic rings. The molecule has 1 aliphatic heterocycles. The molecule has 142 valence electrons. The zero-order valence-corrected chi connectivity index (χ0v) is 15.3. The van der Waals surface area contributed by atoms with E-state index in [2.05, 4.69) is 15.3 Å². The Bertz CT molecular complexity index is 988. The molecule has 0 aliphatic carbocycles. The molecule has 2 aromatic carbocycles. The Labute approximate surface area is 161 Å². The molecule has 3 amide bonds. The number of imide groups is 1. The number of benzene rings is 2. The fraction of sp³-hybridized carbons (Fsp3) is 0.238. The van der Waals surface area contributed by atoms with Crippen molar-refractivity contribution in [2.75, 3.05) is 13.1 Å². The van der Waals surface area contributed by atoms with E-state index >= 15 is 0 Å². The van der Waals surface area contributed by atoms with Gasteiger partial charge in [-0.05, 0) is 30.7 Å². The summed E-state index contributed by atoms with van der Waals surface area (Å²) in [6.45, 7) is 0.717. The van der Waals surface area contributed by atoms with Crippen molar-refractivity contribution in [3.05, 3.63) is 65.5 Å². The molecule has 0 atom stereocenters. The number of para-hydroxylation sites is 2. The van der Waals surface area contributed by atoms with Crippen LogP contribution in [0.15, 0.2) is 48.5 Å². The summed E-state index contributed by atoms with van der Waals surface area (Å²) < 4.78 is 0. The maximum atomic E-state index is 12.3. The Hall–Kier alpha value is -3.48. The second-order valence-corrected chi connectivity index (χ2v) is 6.71. The first-order chi connectivity index (χ1) is 13.6. The van der Waals surface area contributed by atoms with Crippen molar-refractivity contribution in [1.82, 2.24) is 20.2 Å². The van der Waals surface area contributed by atoms with Gasteiger partial charge in [-0.15, -0.1) is 0 Å². The van der Waals surface area contributed by atoms with Gasteiger partial charge in [-0.1, -0.05) is 24.3 Å². The lowest BCUT2D eigenvalue weighted by Crippen LogP contribution is -2.32. The summed E-state index contributed by atoms with van der Waals surface area (Å²) in [6, 6.07) is 14.6. The van der Waals surface area contributed by atoms with Crippen LogP contribution in [-0.4, -0.2) is 45.7 Å². The van der Waals surface area contributed by atoms with Gasteiger partial charge >= 0.3 is 0 Å². The molecule has 1 aromatic heterocycles. The minimum absolute atomic E-state index is 0.104. The molecule has 28 heavy (non-hydrogen) atoms. The minimum Gasteiger partial charge on any atom is -0.356 e. The third-order valence-corrected chi connectivity index (χ3v) is 4.79. The van der Waals surface area contributed by atoms with Crippen LogP contribution < -0.4 is 5.32 Å². The summed E-state index contributed by atoms with van der Waals surface area (Å²) in [7, 11) is 0. The molecule has 0 saturated heterocycles. The highest BCUT2D eigenvalue weighted by Gasteiger charge is 2.34. The number of hydrogen-bond acceptors (Lipinski definition) is 4. The number of H-pyrrole nitrogens is 1. The van der Waals surface area contributed by atoms with Gasteiger partial charge in [-0.25, -0.2) is 4.98 Å². The second kappa shape index (κ2) is 7.64. The summed E-state index contributed by atoms with van der Waals surface area (Å²) in [5.74, 6) is 0.150. The molecular formula is C21H20N4O3.